The number of nitrogens with one attached hydrogen (secondary N) is 1. The van der Waals surface area contributed by atoms with Gasteiger partial charge in [0.2, 0.25) is 5.91 Å². The van der Waals surface area contributed by atoms with Crippen molar-refractivity contribution in [2.45, 2.75) is 45.2 Å². The van der Waals surface area contributed by atoms with Crippen molar-refractivity contribution in [1.82, 2.24) is 14.5 Å². The van der Waals surface area contributed by atoms with Crippen LogP contribution in [0.2, 0.25) is 0 Å². The van der Waals surface area contributed by atoms with Crippen LogP contribution in [0.15, 0.2) is 17.2 Å². The molecular formula is C14H20N4O3. The molecule has 1 unspecified atom stereocenters. The van der Waals surface area contributed by atoms with E-state index in [1.807, 2.05) is 20.8 Å². The first-order valence-electron chi connectivity index (χ1n) is 6.87. The van der Waals surface area contributed by atoms with E-state index < -0.39 is 6.04 Å². The van der Waals surface area contributed by atoms with E-state index >= 15 is 0 Å². The molecule has 0 saturated carbocycles. The fourth-order valence-electron chi connectivity index (χ4n) is 2.25. The maximum absolute atomic E-state index is 12.4. The Morgan fingerprint density at radius 1 is 1.29 bits per heavy atom. The van der Waals surface area contributed by atoms with Gasteiger partial charge in [-0.15, -0.1) is 0 Å². The van der Waals surface area contributed by atoms with E-state index in [0.717, 1.165) is 4.90 Å². The molecule has 2 rings (SSSR count). The van der Waals surface area contributed by atoms with Gasteiger partial charge in [0.05, 0.1) is 0 Å². The van der Waals surface area contributed by atoms with Gasteiger partial charge in [-0.1, -0.05) is 0 Å². The highest BCUT2D eigenvalue weighted by Crippen LogP contribution is 2.15. The number of likely N-dealkylation sites (N-methyl/N-ethyl adjacent to an activating group) is 1. The van der Waals surface area contributed by atoms with Crippen molar-refractivity contribution < 1.29 is 9.59 Å². The predicted octanol–water partition coefficient (Wildman–Crippen LogP) is 0.558. The van der Waals surface area contributed by atoms with E-state index in [1.165, 1.54) is 13.2 Å². The molecule has 1 aliphatic rings. The van der Waals surface area contributed by atoms with Gasteiger partial charge in [0.15, 0.2) is 5.82 Å². The lowest BCUT2D eigenvalue weighted by Crippen LogP contribution is -2.49. The van der Waals surface area contributed by atoms with Crippen molar-refractivity contribution in [2.24, 2.45) is 0 Å². The zero-order chi connectivity index (χ0) is 15.8. The van der Waals surface area contributed by atoms with Crippen LogP contribution in [-0.4, -0.2) is 39.4 Å². The van der Waals surface area contributed by atoms with Crippen molar-refractivity contribution in [3.05, 3.63) is 22.7 Å². The number of rotatable bonds is 2. The molecular weight excluding hydrogens is 272 g/mol. The summed E-state index contributed by atoms with van der Waals surface area (Å²) in [4.78, 5) is 41.0. The Morgan fingerprint density at radius 2 is 1.95 bits per heavy atom. The number of hydrogen-bond donors (Lipinski definition) is 1. The number of carbonyl (C=O) groups is 2. The first-order valence-corrected chi connectivity index (χ1v) is 6.87. The molecule has 1 aromatic rings. The summed E-state index contributed by atoms with van der Waals surface area (Å²) < 4.78 is 1.56. The van der Waals surface area contributed by atoms with Crippen LogP contribution < -0.4 is 10.9 Å². The van der Waals surface area contributed by atoms with Crippen LogP contribution >= 0.6 is 0 Å². The number of likely N-dealkylation sites (tertiary alicyclic amines) is 1. The first-order chi connectivity index (χ1) is 9.71. The minimum Gasteiger partial charge on any atom is -0.354 e. The fourth-order valence-corrected chi connectivity index (χ4v) is 2.25. The van der Waals surface area contributed by atoms with Crippen LogP contribution in [0.5, 0.6) is 0 Å². The largest absolute Gasteiger partial charge is 0.354 e. The zero-order valence-corrected chi connectivity index (χ0v) is 12.7. The molecule has 0 aliphatic carbocycles. The van der Waals surface area contributed by atoms with Crippen LogP contribution in [0.3, 0.4) is 0 Å². The van der Waals surface area contributed by atoms with Crippen LogP contribution in [0.1, 0.15) is 33.6 Å². The van der Waals surface area contributed by atoms with Crippen molar-refractivity contribution in [3.63, 3.8) is 0 Å². The van der Waals surface area contributed by atoms with Crippen LogP contribution in [0.4, 0.5) is 5.82 Å². The summed E-state index contributed by atoms with van der Waals surface area (Å²) in [5.74, 6) is -0.404. The molecule has 114 valence electrons. The number of hydrogen-bond acceptors (Lipinski definition) is 5. The van der Waals surface area contributed by atoms with Crippen LogP contribution in [-0.2, 0) is 15.1 Å². The Hall–Kier alpha value is -2.18. The molecule has 0 spiro atoms. The highest BCUT2D eigenvalue weighted by atomic mass is 16.2. The second kappa shape index (κ2) is 5.31. The third kappa shape index (κ3) is 2.96. The highest BCUT2D eigenvalue weighted by molar-refractivity contribution is 6.01. The lowest BCUT2D eigenvalue weighted by molar-refractivity contribution is -0.146. The van der Waals surface area contributed by atoms with Gasteiger partial charge in [0.25, 0.3) is 11.5 Å². The highest BCUT2D eigenvalue weighted by Gasteiger charge is 2.32. The van der Waals surface area contributed by atoms with E-state index in [-0.39, 0.29) is 35.2 Å². The first kappa shape index (κ1) is 15.2. The number of imide groups is 1. The number of aromatic nitrogens is 2. The maximum Gasteiger partial charge on any atom is 0.293 e. The molecule has 7 heteroatoms. The minimum absolute atomic E-state index is 0.133. The molecule has 0 bridgehead atoms. The summed E-state index contributed by atoms with van der Waals surface area (Å²) >= 11 is 0. The summed E-state index contributed by atoms with van der Waals surface area (Å²) in [6.07, 6.45) is 3.79. The third-order valence-corrected chi connectivity index (χ3v) is 3.52. The lowest BCUT2D eigenvalue weighted by atomic mass is 10.0. The molecule has 1 saturated heterocycles. The third-order valence-electron chi connectivity index (χ3n) is 3.52. The Balaban J connectivity index is 2.27. The molecule has 1 aromatic heterocycles. The number of anilines is 1. The van der Waals surface area contributed by atoms with E-state index in [1.54, 1.807) is 10.8 Å². The van der Waals surface area contributed by atoms with Crippen molar-refractivity contribution in [1.29, 1.82) is 0 Å². The van der Waals surface area contributed by atoms with E-state index in [4.69, 9.17) is 0 Å². The molecule has 1 fully saturated rings. The number of nitrogens with zero attached hydrogens (tertiary/aromatic N) is 3. The molecule has 1 aliphatic heterocycles. The number of amides is 2. The molecule has 0 aromatic carbocycles. The normalized spacial score (nSPS) is 19.8. The van der Waals surface area contributed by atoms with Gasteiger partial charge < -0.3 is 9.88 Å². The molecule has 1 atom stereocenters. The average Bonchev–Trinajstić information content (AvgIpc) is 2.40. The van der Waals surface area contributed by atoms with Gasteiger partial charge in [0, 0.05) is 31.4 Å². The minimum atomic E-state index is -0.594. The quantitative estimate of drug-likeness (QED) is 0.805. The Labute approximate surface area is 123 Å². The summed E-state index contributed by atoms with van der Waals surface area (Å²) in [7, 11) is 1.45. The van der Waals surface area contributed by atoms with Crippen molar-refractivity contribution in [2.75, 3.05) is 12.4 Å². The Morgan fingerprint density at radius 3 is 2.57 bits per heavy atom. The van der Waals surface area contributed by atoms with Crippen molar-refractivity contribution >= 4 is 17.6 Å². The van der Waals surface area contributed by atoms with Gasteiger partial charge in [-0.3, -0.25) is 19.3 Å². The maximum atomic E-state index is 12.4. The zero-order valence-electron chi connectivity index (χ0n) is 12.7. The topological polar surface area (TPSA) is 84.3 Å². The summed E-state index contributed by atoms with van der Waals surface area (Å²) in [5.41, 5.74) is -0.655. The standard InChI is InChI=1S/C14H20N4O3/c1-14(2,3)18-8-7-15-11(13(18)21)16-9-5-6-10(19)17(4)12(9)20/h7-9H,5-6H2,1-4H3,(H,15,16). The average molecular weight is 292 g/mol. The number of carbonyl (C=O) groups excluding carboxylic acids is 2. The SMILES string of the molecule is CN1C(=O)CCC(Nc2nccn(C(C)(C)C)c2=O)C1=O. The second-order valence-corrected chi connectivity index (χ2v) is 6.15. The van der Waals surface area contributed by atoms with Gasteiger partial charge in [0.1, 0.15) is 6.04 Å². The Bertz CT molecular complexity index is 630. The van der Waals surface area contributed by atoms with Crippen molar-refractivity contribution in [3.8, 4) is 0 Å². The van der Waals surface area contributed by atoms with E-state index in [0.29, 0.717) is 6.42 Å². The molecule has 2 heterocycles. The molecule has 2 amide bonds. The van der Waals surface area contributed by atoms with Crippen LogP contribution in [0, 0.1) is 0 Å². The molecule has 21 heavy (non-hydrogen) atoms. The summed E-state index contributed by atoms with van der Waals surface area (Å²) in [6.45, 7) is 5.74. The lowest BCUT2D eigenvalue weighted by Gasteiger charge is -2.29. The molecule has 7 nitrogen and oxygen atoms in total. The molecule has 1 N–H and O–H groups in total. The second-order valence-electron chi connectivity index (χ2n) is 6.15. The van der Waals surface area contributed by atoms with Gasteiger partial charge in [-0.25, -0.2) is 4.98 Å². The van der Waals surface area contributed by atoms with Gasteiger partial charge in [-0.2, -0.15) is 0 Å². The molecule has 0 radical (unpaired) electrons. The number of piperidine rings is 1. The summed E-state index contributed by atoms with van der Waals surface area (Å²) in [5, 5.41) is 2.87. The fraction of sp³-hybridized carbons (Fsp3) is 0.571. The van der Waals surface area contributed by atoms with Gasteiger partial charge in [-0.05, 0) is 27.2 Å². The van der Waals surface area contributed by atoms with E-state index in [9.17, 15) is 14.4 Å². The van der Waals surface area contributed by atoms with Crippen LogP contribution in [0.25, 0.3) is 0 Å². The monoisotopic (exact) mass is 292 g/mol. The van der Waals surface area contributed by atoms with E-state index in [2.05, 4.69) is 10.3 Å². The van der Waals surface area contributed by atoms with Gasteiger partial charge >= 0.3 is 0 Å². The predicted molar refractivity (Wildman–Crippen MR) is 77.9 cm³/mol. The Kier molecular flexibility index (Phi) is 3.85. The smallest absolute Gasteiger partial charge is 0.293 e. The summed E-state index contributed by atoms with van der Waals surface area (Å²) in [6, 6.07) is -0.594.